The van der Waals surface area contributed by atoms with Crippen molar-refractivity contribution in [1.29, 1.82) is 5.26 Å². The van der Waals surface area contributed by atoms with Gasteiger partial charge in [-0.05, 0) is 25.5 Å². The lowest BCUT2D eigenvalue weighted by Crippen LogP contribution is -2.33. The minimum atomic E-state index is 0.0343. The fraction of sp³-hybridized carbons (Fsp3) is 0.353. The first-order chi connectivity index (χ1) is 11.2. The average Bonchev–Trinajstić information content (AvgIpc) is 3.02. The van der Waals surface area contributed by atoms with Gasteiger partial charge in [-0.2, -0.15) is 5.26 Å². The molecule has 0 saturated carbocycles. The first kappa shape index (κ1) is 17.1. The maximum atomic E-state index is 12.2. The number of aryl methyl sites for hydroxylation is 1. The van der Waals surface area contributed by atoms with Crippen LogP contribution in [0.4, 0.5) is 0 Å². The Kier molecular flexibility index (Phi) is 6.24. The molecular weight excluding hydrogens is 308 g/mol. The Morgan fingerprint density at radius 3 is 2.91 bits per heavy atom. The number of carbonyl (C=O) groups excluding carboxylic acids is 1. The summed E-state index contributed by atoms with van der Waals surface area (Å²) in [5.41, 5.74) is 2.22. The normalized spacial score (nSPS) is 10.3. The molecule has 2 rings (SSSR count). The number of imidazole rings is 1. The van der Waals surface area contributed by atoms with Gasteiger partial charge in [0.2, 0.25) is 5.91 Å². The highest BCUT2D eigenvalue weighted by Crippen LogP contribution is 2.22. The van der Waals surface area contributed by atoms with Crippen LogP contribution in [0.2, 0.25) is 0 Å². The molecule has 23 heavy (non-hydrogen) atoms. The topological polar surface area (TPSA) is 61.9 Å². The first-order valence-electron chi connectivity index (χ1n) is 7.54. The number of amides is 1. The van der Waals surface area contributed by atoms with Crippen molar-refractivity contribution in [1.82, 2.24) is 14.5 Å². The number of hydrogen-bond donors (Lipinski definition) is 0. The summed E-state index contributed by atoms with van der Waals surface area (Å²) in [7, 11) is 0. The van der Waals surface area contributed by atoms with Crippen molar-refractivity contribution in [2.24, 2.45) is 0 Å². The summed E-state index contributed by atoms with van der Waals surface area (Å²) >= 11 is 1.42. The molecule has 120 valence electrons. The molecule has 0 unspecified atom stereocenters. The van der Waals surface area contributed by atoms with Crippen molar-refractivity contribution in [3.8, 4) is 11.8 Å². The summed E-state index contributed by atoms with van der Waals surface area (Å²) < 4.78 is 2.00. The molecular formula is C17H20N4OS. The van der Waals surface area contributed by atoms with Gasteiger partial charge in [-0.25, -0.2) is 4.98 Å². The van der Waals surface area contributed by atoms with Crippen LogP contribution in [0.5, 0.6) is 0 Å². The SMILES string of the molecule is CCN(CCC#N)C(=O)CSc1nccn1-c1ccccc1C. The molecule has 0 spiro atoms. The molecule has 6 heteroatoms. The molecule has 0 aliphatic rings. The van der Waals surface area contributed by atoms with E-state index in [9.17, 15) is 4.79 Å². The van der Waals surface area contributed by atoms with E-state index >= 15 is 0 Å². The van der Waals surface area contributed by atoms with Gasteiger partial charge in [-0.15, -0.1) is 0 Å². The Morgan fingerprint density at radius 2 is 2.22 bits per heavy atom. The van der Waals surface area contributed by atoms with Crippen LogP contribution in [0.25, 0.3) is 5.69 Å². The third-order valence-corrected chi connectivity index (χ3v) is 4.49. The van der Waals surface area contributed by atoms with Crippen LogP contribution < -0.4 is 0 Å². The molecule has 0 saturated heterocycles. The quantitative estimate of drug-likeness (QED) is 0.733. The molecule has 2 aromatic rings. The number of carbonyl (C=O) groups is 1. The van der Waals surface area contributed by atoms with Gasteiger partial charge in [0, 0.05) is 25.5 Å². The summed E-state index contributed by atoms with van der Waals surface area (Å²) in [4.78, 5) is 18.3. The van der Waals surface area contributed by atoms with Gasteiger partial charge in [0.05, 0.1) is 23.9 Å². The van der Waals surface area contributed by atoms with Crippen molar-refractivity contribution in [3.05, 3.63) is 42.2 Å². The van der Waals surface area contributed by atoms with Crippen molar-refractivity contribution in [3.63, 3.8) is 0 Å². The lowest BCUT2D eigenvalue weighted by Gasteiger charge is -2.19. The van der Waals surface area contributed by atoms with Crippen LogP contribution in [-0.2, 0) is 4.79 Å². The predicted molar refractivity (Wildman–Crippen MR) is 91.5 cm³/mol. The standard InChI is InChI=1S/C17H20N4OS/c1-3-20(11-6-9-18)16(22)13-23-17-19-10-12-21(17)15-8-5-4-7-14(15)2/h4-5,7-8,10,12H,3,6,11,13H2,1-2H3. The van der Waals surface area contributed by atoms with Crippen LogP contribution >= 0.6 is 11.8 Å². The third kappa shape index (κ3) is 4.36. The number of aromatic nitrogens is 2. The van der Waals surface area contributed by atoms with Crippen LogP contribution in [0.1, 0.15) is 18.9 Å². The Balaban J connectivity index is 2.05. The third-order valence-electron chi connectivity index (χ3n) is 3.53. The number of benzene rings is 1. The van der Waals surface area contributed by atoms with Crippen molar-refractivity contribution >= 4 is 17.7 Å². The summed E-state index contributed by atoms with van der Waals surface area (Å²) in [5, 5.41) is 9.45. The van der Waals surface area contributed by atoms with Gasteiger partial charge in [0.1, 0.15) is 0 Å². The van der Waals surface area contributed by atoms with E-state index < -0.39 is 0 Å². The van der Waals surface area contributed by atoms with Crippen LogP contribution in [0, 0.1) is 18.3 Å². The fourth-order valence-corrected chi connectivity index (χ4v) is 3.14. The molecule has 0 aliphatic carbocycles. The van der Waals surface area contributed by atoms with E-state index in [1.807, 2.05) is 35.9 Å². The second kappa shape index (κ2) is 8.39. The van der Waals surface area contributed by atoms with Crippen molar-refractivity contribution in [2.75, 3.05) is 18.8 Å². The zero-order valence-corrected chi connectivity index (χ0v) is 14.2. The molecule has 1 amide bonds. The molecule has 1 aromatic carbocycles. The number of para-hydroxylation sites is 1. The molecule has 0 N–H and O–H groups in total. The van der Waals surface area contributed by atoms with E-state index in [1.54, 1.807) is 11.1 Å². The molecule has 1 heterocycles. The Morgan fingerprint density at radius 1 is 1.43 bits per heavy atom. The Bertz CT molecular complexity index is 705. The molecule has 5 nitrogen and oxygen atoms in total. The van der Waals surface area contributed by atoms with Gasteiger partial charge >= 0.3 is 0 Å². The molecule has 0 radical (unpaired) electrons. The Labute approximate surface area is 140 Å². The minimum Gasteiger partial charge on any atom is -0.341 e. The number of thioether (sulfide) groups is 1. The van der Waals surface area contributed by atoms with Crippen molar-refractivity contribution in [2.45, 2.75) is 25.4 Å². The smallest absolute Gasteiger partial charge is 0.233 e. The second-order valence-electron chi connectivity index (χ2n) is 5.04. The monoisotopic (exact) mass is 328 g/mol. The molecule has 0 aliphatic heterocycles. The zero-order chi connectivity index (χ0) is 16.7. The van der Waals surface area contributed by atoms with E-state index in [4.69, 9.17) is 5.26 Å². The number of rotatable bonds is 7. The average molecular weight is 328 g/mol. The number of hydrogen-bond acceptors (Lipinski definition) is 4. The fourth-order valence-electron chi connectivity index (χ4n) is 2.28. The maximum Gasteiger partial charge on any atom is 0.233 e. The number of nitrogens with zero attached hydrogens (tertiary/aromatic N) is 4. The van der Waals surface area contributed by atoms with Gasteiger partial charge in [-0.3, -0.25) is 9.36 Å². The van der Waals surface area contributed by atoms with Gasteiger partial charge in [0.25, 0.3) is 0 Å². The highest BCUT2D eigenvalue weighted by atomic mass is 32.2. The van der Waals surface area contributed by atoms with Crippen LogP contribution in [0.15, 0.2) is 41.8 Å². The lowest BCUT2D eigenvalue weighted by molar-refractivity contribution is -0.128. The van der Waals surface area contributed by atoms with E-state index in [0.29, 0.717) is 25.3 Å². The summed E-state index contributed by atoms with van der Waals surface area (Å²) in [6.45, 7) is 5.08. The molecule has 1 aromatic heterocycles. The van der Waals surface area contributed by atoms with Gasteiger partial charge < -0.3 is 4.90 Å². The highest BCUT2D eigenvalue weighted by molar-refractivity contribution is 7.99. The van der Waals surface area contributed by atoms with E-state index in [0.717, 1.165) is 16.4 Å². The summed E-state index contributed by atoms with van der Waals surface area (Å²) in [5.74, 6) is 0.356. The van der Waals surface area contributed by atoms with Gasteiger partial charge in [-0.1, -0.05) is 30.0 Å². The zero-order valence-electron chi connectivity index (χ0n) is 13.4. The molecule has 0 atom stereocenters. The first-order valence-corrected chi connectivity index (χ1v) is 8.52. The van der Waals surface area contributed by atoms with E-state index in [2.05, 4.69) is 24.0 Å². The highest BCUT2D eigenvalue weighted by Gasteiger charge is 2.14. The van der Waals surface area contributed by atoms with E-state index in [-0.39, 0.29) is 5.91 Å². The summed E-state index contributed by atoms with van der Waals surface area (Å²) in [6.07, 6.45) is 4.01. The minimum absolute atomic E-state index is 0.0343. The number of nitriles is 1. The largest absolute Gasteiger partial charge is 0.341 e. The second-order valence-corrected chi connectivity index (χ2v) is 5.98. The molecule has 0 bridgehead atoms. The van der Waals surface area contributed by atoms with Gasteiger partial charge in [0.15, 0.2) is 5.16 Å². The van der Waals surface area contributed by atoms with Crippen molar-refractivity contribution < 1.29 is 4.79 Å². The van der Waals surface area contributed by atoms with Crippen LogP contribution in [-0.4, -0.2) is 39.2 Å². The maximum absolute atomic E-state index is 12.2. The lowest BCUT2D eigenvalue weighted by atomic mass is 10.2. The van der Waals surface area contributed by atoms with Crippen LogP contribution in [0.3, 0.4) is 0 Å². The van der Waals surface area contributed by atoms with E-state index in [1.165, 1.54) is 11.8 Å². The Hall–Kier alpha value is -2.26. The molecule has 0 fully saturated rings. The summed E-state index contributed by atoms with van der Waals surface area (Å²) in [6, 6.07) is 10.2. The predicted octanol–water partition coefficient (Wildman–Crippen LogP) is 3.04.